The lowest BCUT2D eigenvalue weighted by atomic mass is 9.82. The third-order valence-electron chi connectivity index (χ3n) is 6.59. The highest BCUT2D eigenvalue weighted by Gasteiger charge is 2.57. The minimum absolute atomic E-state index is 0.162. The predicted octanol–water partition coefficient (Wildman–Crippen LogP) is 1.86. The minimum atomic E-state index is -2.33. The summed E-state index contributed by atoms with van der Waals surface area (Å²) in [6, 6.07) is 13.0. The fourth-order valence-electron chi connectivity index (χ4n) is 4.41. The van der Waals surface area contributed by atoms with E-state index in [1.54, 1.807) is 31.2 Å². The summed E-state index contributed by atoms with van der Waals surface area (Å²) in [5.74, 6) is -1.49. The molecule has 0 radical (unpaired) electrons. The molecule has 0 aliphatic carbocycles. The largest absolute Gasteiger partial charge is 0.382 e. The van der Waals surface area contributed by atoms with Crippen LogP contribution in [0.25, 0.3) is 0 Å². The Morgan fingerprint density at radius 2 is 1.61 bits per heavy atom. The maximum atomic E-state index is 13.5. The molecule has 0 spiro atoms. The third kappa shape index (κ3) is 4.60. The first-order valence-corrected chi connectivity index (χ1v) is 11.7. The molecule has 1 fully saturated rings. The van der Waals surface area contributed by atoms with E-state index in [4.69, 9.17) is 4.74 Å². The first-order chi connectivity index (χ1) is 17.0. The zero-order valence-electron chi connectivity index (χ0n) is 20.2. The lowest BCUT2D eigenvalue weighted by Gasteiger charge is -2.29. The smallest absolute Gasteiger partial charge is 0.330 e. The van der Waals surface area contributed by atoms with Gasteiger partial charge in [0.25, 0.3) is 5.56 Å². The van der Waals surface area contributed by atoms with Gasteiger partial charge in [-0.3, -0.25) is 23.9 Å². The molecule has 3 N–H and O–H groups in total. The average molecular weight is 493 g/mol. The molecular weight excluding hydrogens is 464 g/mol. The maximum Gasteiger partial charge on any atom is 0.330 e. The lowest BCUT2D eigenvalue weighted by molar-refractivity contribution is -0.0916. The summed E-state index contributed by atoms with van der Waals surface area (Å²) in [7, 11) is 0. The van der Waals surface area contributed by atoms with Gasteiger partial charge in [-0.2, -0.15) is 0 Å². The molecule has 0 amide bonds. The maximum absolute atomic E-state index is 13.5. The minimum Gasteiger partial charge on any atom is -0.382 e. The monoisotopic (exact) mass is 492 g/mol. The van der Waals surface area contributed by atoms with E-state index in [9.17, 15) is 29.4 Å². The van der Waals surface area contributed by atoms with E-state index in [1.165, 1.54) is 30.5 Å². The van der Waals surface area contributed by atoms with Gasteiger partial charge in [0.2, 0.25) is 0 Å². The van der Waals surface area contributed by atoms with Gasteiger partial charge in [0, 0.05) is 29.3 Å². The van der Waals surface area contributed by atoms with Crippen LogP contribution < -0.4 is 11.2 Å². The molecule has 1 aliphatic rings. The summed E-state index contributed by atoms with van der Waals surface area (Å²) in [5.41, 5.74) is -1.23. The molecule has 2 aromatic carbocycles. The quantitative estimate of drug-likeness (QED) is 0.428. The molecule has 4 atom stereocenters. The van der Waals surface area contributed by atoms with Crippen molar-refractivity contribution < 1.29 is 24.5 Å². The number of benzene rings is 2. The van der Waals surface area contributed by atoms with E-state index in [0.29, 0.717) is 12.0 Å². The number of carbonyl (C=O) groups is 2. The fraction of sp³-hybridized carbons (Fsp3) is 0.333. The molecule has 9 heteroatoms. The Labute approximate surface area is 207 Å². The first-order valence-electron chi connectivity index (χ1n) is 11.7. The summed E-state index contributed by atoms with van der Waals surface area (Å²) in [6.07, 6.45) is -3.58. The summed E-state index contributed by atoms with van der Waals surface area (Å²) >= 11 is 0. The second-order valence-corrected chi connectivity index (χ2v) is 9.18. The highest BCUT2D eigenvalue weighted by Crippen LogP contribution is 2.40. The van der Waals surface area contributed by atoms with Gasteiger partial charge < -0.3 is 14.9 Å². The fourth-order valence-corrected chi connectivity index (χ4v) is 4.41. The van der Waals surface area contributed by atoms with Gasteiger partial charge >= 0.3 is 5.69 Å². The molecule has 1 aromatic heterocycles. The van der Waals surface area contributed by atoms with Crippen LogP contribution in [0.1, 0.15) is 57.0 Å². The van der Waals surface area contributed by atoms with Gasteiger partial charge in [-0.25, -0.2) is 4.79 Å². The summed E-state index contributed by atoms with van der Waals surface area (Å²) < 4.78 is 6.94. The predicted molar refractivity (Wildman–Crippen MR) is 131 cm³/mol. The van der Waals surface area contributed by atoms with Crippen molar-refractivity contribution in [3.63, 3.8) is 0 Å². The zero-order chi connectivity index (χ0) is 26.2. The molecule has 36 heavy (non-hydrogen) atoms. The number of ketones is 2. The van der Waals surface area contributed by atoms with E-state index >= 15 is 0 Å². The number of hydrogen-bond donors (Lipinski definition) is 3. The van der Waals surface area contributed by atoms with Crippen LogP contribution >= 0.6 is 0 Å². The number of Topliss-reactive ketones (excluding diaryl/α,β-unsaturated/α-hetero) is 2. The van der Waals surface area contributed by atoms with Crippen LogP contribution in [0.2, 0.25) is 0 Å². The highest BCUT2D eigenvalue weighted by atomic mass is 16.6. The molecule has 1 aliphatic heterocycles. The second-order valence-electron chi connectivity index (χ2n) is 9.18. The standard InChI is InChI=1S/C27H28N2O7/c1-4-17-14-29(26(34)28-25(17)33)20-13-27(35,23(32)19-11-7-16(3)8-12-19)24(36-20)22(31)21(30)18-9-5-15(2)6-10-18/h5-12,14,20,22,24,31,35H,4,13H2,1-3H3,(H,28,33,34)/t20-,22?,24-,27-/m1/s1. The van der Waals surface area contributed by atoms with Crippen LogP contribution in [0.4, 0.5) is 0 Å². The number of aliphatic hydroxyl groups excluding tert-OH is 1. The number of nitrogens with zero attached hydrogens (tertiary/aromatic N) is 1. The van der Waals surface area contributed by atoms with Crippen molar-refractivity contribution in [2.75, 3.05) is 0 Å². The lowest BCUT2D eigenvalue weighted by Crippen LogP contribution is -2.53. The molecule has 3 aromatic rings. The first kappa shape index (κ1) is 25.4. The van der Waals surface area contributed by atoms with Gasteiger partial charge in [0.1, 0.15) is 18.4 Å². The molecule has 188 valence electrons. The van der Waals surface area contributed by atoms with Crippen LogP contribution in [0, 0.1) is 13.8 Å². The van der Waals surface area contributed by atoms with Gasteiger partial charge in [0.05, 0.1) is 0 Å². The number of carbonyl (C=O) groups excluding carboxylic acids is 2. The number of aromatic amines is 1. The molecule has 1 saturated heterocycles. The van der Waals surface area contributed by atoms with Crippen LogP contribution in [0.5, 0.6) is 0 Å². The number of aromatic nitrogens is 2. The molecule has 1 unspecified atom stereocenters. The summed E-state index contributed by atoms with van der Waals surface area (Å²) in [4.78, 5) is 53.5. The van der Waals surface area contributed by atoms with Crippen molar-refractivity contribution >= 4 is 11.6 Å². The number of hydrogen-bond acceptors (Lipinski definition) is 7. The molecule has 9 nitrogen and oxygen atoms in total. The van der Waals surface area contributed by atoms with Gasteiger partial charge in [0.15, 0.2) is 17.2 Å². The van der Waals surface area contributed by atoms with Gasteiger partial charge in [-0.05, 0) is 20.3 Å². The highest BCUT2D eigenvalue weighted by molar-refractivity contribution is 6.05. The Morgan fingerprint density at radius 3 is 2.17 bits per heavy atom. The SMILES string of the molecule is CCc1cn([C@H]2C[C@@](O)(C(=O)c3ccc(C)cc3)[C@@H](C(O)C(=O)c3ccc(C)cc3)O2)c(=O)[nH]c1=O. The van der Waals surface area contributed by atoms with Crippen LogP contribution in [-0.4, -0.2) is 49.1 Å². The van der Waals surface area contributed by atoms with Crippen molar-refractivity contribution in [3.8, 4) is 0 Å². The van der Waals surface area contributed by atoms with Crippen molar-refractivity contribution in [3.05, 3.63) is 103 Å². The van der Waals surface area contributed by atoms with Crippen molar-refractivity contribution in [2.45, 2.75) is 57.6 Å². The Hall–Kier alpha value is -3.66. The third-order valence-corrected chi connectivity index (χ3v) is 6.59. The van der Waals surface area contributed by atoms with E-state index in [-0.39, 0.29) is 11.1 Å². The van der Waals surface area contributed by atoms with E-state index in [2.05, 4.69) is 4.98 Å². The number of ether oxygens (including phenoxy) is 1. The molecule has 0 saturated carbocycles. The van der Waals surface area contributed by atoms with Gasteiger partial charge in [-0.1, -0.05) is 66.6 Å². The van der Waals surface area contributed by atoms with Gasteiger partial charge in [-0.15, -0.1) is 0 Å². The average Bonchev–Trinajstić information content (AvgIpc) is 3.22. The molecule has 0 bridgehead atoms. The Bertz CT molecular complexity index is 1410. The Morgan fingerprint density at radius 1 is 1.06 bits per heavy atom. The Balaban J connectivity index is 1.77. The molecular formula is C27H28N2O7. The Kier molecular flexibility index (Phi) is 6.90. The van der Waals surface area contributed by atoms with E-state index in [1.807, 2.05) is 13.8 Å². The van der Waals surface area contributed by atoms with Crippen molar-refractivity contribution in [1.29, 1.82) is 0 Å². The second kappa shape index (κ2) is 9.77. The van der Waals surface area contributed by atoms with Crippen molar-refractivity contribution in [1.82, 2.24) is 9.55 Å². The van der Waals surface area contributed by atoms with Crippen LogP contribution in [-0.2, 0) is 11.2 Å². The van der Waals surface area contributed by atoms with Crippen LogP contribution in [0.3, 0.4) is 0 Å². The van der Waals surface area contributed by atoms with E-state index < -0.39 is 53.3 Å². The normalized spacial score (nSPS) is 22.4. The number of nitrogens with one attached hydrogen (secondary N) is 1. The number of rotatable bonds is 7. The molecule has 2 heterocycles. The number of aryl methyl sites for hydroxylation is 3. The van der Waals surface area contributed by atoms with Crippen molar-refractivity contribution in [2.24, 2.45) is 0 Å². The van der Waals surface area contributed by atoms with E-state index in [0.717, 1.165) is 15.7 Å². The van der Waals surface area contributed by atoms with Crippen LogP contribution in [0.15, 0.2) is 64.3 Å². The number of H-pyrrole nitrogens is 1. The summed E-state index contributed by atoms with van der Waals surface area (Å²) in [5, 5.41) is 22.7. The topological polar surface area (TPSA) is 139 Å². The number of aliphatic hydroxyl groups is 2. The zero-order valence-corrected chi connectivity index (χ0v) is 20.2. The molecule has 4 rings (SSSR count). The summed E-state index contributed by atoms with van der Waals surface area (Å²) in [6.45, 7) is 5.43.